The van der Waals surface area contributed by atoms with Crippen LogP contribution in [0.2, 0.25) is 0 Å². The largest absolute Gasteiger partial charge is 0.490 e. The summed E-state index contributed by atoms with van der Waals surface area (Å²) in [5.41, 5.74) is 1.18. The van der Waals surface area contributed by atoms with Crippen LogP contribution >= 0.6 is 11.3 Å². The predicted molar refractivity (Wildman–Crippen MR) is 137 cm³/mol. The first kappa shape index (κ1) is 25.2. The Bertz CT molecular complexity index is 1510. The lowest BCUT2D eigenvalue weighted by atomic mass is 9.95. The number of furan rings is 1. The van der Waals surface area contributed by atoms with E-state index in [1.165, 1.54) is 15.9 Å². The van der Waals surface area contributed by atoms with Gasteiger partial charge in [0.25, 0.3) is 5.56 Å². The Balaban J connectivity index is 1.93. The Morgan fingerprint density at radius 3 is 2.64 bits per heavy atom. The quantitative estimate of drug-likeness (QED) is 0.324. The van der Waals surface area contributed by atoms with Crippen LogP contribution in [0.4, 0.5) is 0 Å². The van der Waals surface area contributed by atoms with Crippen molar-refractivity contribution in [1.82, 2.24) is 4.57 Å². The predicted octanol–water partition coefficient (Wildman–Crippen LogP) is 3.66. The molecule has 0 radical (unpaired) electrons. The van der Waals surface area contributed by atoms with Crippen molar-refractivity contribution < 1.29 is 23.4 Å². The molecule has 3 aromatic rings. The highest BCUT2D eigenvalue weighted by Gasteiger charge is 2.34. The maximum absolute atomic E-state index is 13.7. The van der Waals surface area contributed by atoms with E-state index in [4.69, 9.17) is 18.6 Å². The van der Waals surface area contributed by atoms with E-state index in [0.717, 1.165) is 5.76 Å². The molecule has 1 aliphatic rings. The number of nitrogens with zero attached hydrogens (tertiary/aromatic N) is 2. The van der Waals surface area contributed by atoms with E-state index >= 15 is 0 Å². The minimum Gasteiger partial charge on any atom is -0.490 e. The Kier molecular flexibility index (Phi) is 7.59. The molecule has 0 N–H and O–H groups in total. The highest BCUT2D eigenvalue weighted by Crippen LogP contribution is 2.36. The zero-order valence-electron chi connectivity index (χ0n) is 20.7. The van der Waals surface area contributed by atoms with Gasteiger partial charge in [0.2, 0.25) is 0 Å². The summed E-state index contributed by atoms with van der Waals surface area (Å²) in [5, 5.41) is 0. The summed E-state index contributed by atoms with van der Waals surface area (Å²) in [6.07, 6.45) is 3.34. The minimum atomic E-state index is -0.756. The van der Waals surface area contributed by atoms with Gasteiger partial charge in [0.1, 0.15) is 18.1 Å². The van der Waals surface area contributed by atoms with Gasteiger partial charge in [0.05, 0.1) is 35.1 Å². The fourth-order valence-electron chi connectivity index (χ4n) is 4.00. The Morgan fingerprint density at radius 2 is 1.97 bits per heavy atom. The average molecular weight is 509 g/mol. The average Bonchev–Trinajstić information content (AvgIpc) is 3.39. The molecular weight excluding hydrogens is 480 g/mol. The maximum atomic E-state index is 13.7. The molecule has 0 bridgehead atoms. The van der Waals surface area contributed by atoms with Crippen LogP contribution in [0.15, 0.2) is 68.5 Å². The van der Waals surface area contributed by atoms with Gasteiger partial charge in [-0.25, -0.2) is 9.79 Å². The minimum absolute atomic E-state index is 0.198. The lowest BCUT2D eigenvalue weighted by Gasteiger charge is -2.25. The van der Waals surface area contributed by atoms with E-state index in [1.807, 2.05) is 26.0 Å². The topological polar surface area (TPSA) is 92.3 Å². The number of aryl methyl sites for hydroxylation is 1. The van der Waals surface area contributed by atoms with Crippen LogP contribution in [0.3, 0.4) is 0 Å². The molecule has 0 unspecified atom stereocenters. The lowest BCUT2D eigenvalue weighted by molar-refractivity contribution is -0.139. The summed E-state index contributed by atoms with van der Waals surface area (Å²) in [7, 11) is 0. The zero-order chi connectivity index (χ0) is 25.8. The number of aromatic nitrogens is 1. The van der Waals surface area contributed by atoms with Crippen LogP contribution in [-0.4, -0.2) is 30.4 Å². The molecule has 2 aromatic heterocycles. The number of hydrogen-bond acceptors (Lipinski definition) is 8. The second-order valence-corrected chi connectivity index (χ2v) is 9.00. The number of allylic oxidation sites excluding steroid dienone is 1. The molecule has 0 aliphatic carbocycles. The van der Waals surface area contributed by atoms with Crippen LogP contribution < -0.4 is 24.4 Å². The number of esters is 1. The number of fused-ring (bicyclic) bond motifs is 1. The molecule has 0 saturated heterocycles. The fraction of sp³-hybridized carbons (Fsp3) is 0.296. The fourth-order valence-corrected chi connectivity index (χ4v) is 5.02. The van der Waals surface area contributed by atoms with Gasteiger partial charge >= 0.3 is 5.97 Å². The maximum Gasteiger partial charge on any atom is 0.338 e. The third-order valence-electron chi connectivity index (χ3n) is 5.49. The summed E-state index contributed by atoms with van der Waals surface area (Å²) >= 11 is 1.24. The molecule has 36 heavy (non-hydrogen) atoms. The van der Waals surface area contributed by atoms with Crippen molar-refractivity contribution in [2.24, 2.45) is 4.99 Å². The van der Waals surface area contributed by atoms with Crippen LogP contribution in [0.1, 0.15) is 43.9 Å². The first-order chi connectivity index (χ1) is 17.4. The number of ether oxygens (including phenoxy) is 3. The molecule has 9 heteroatoms. The second kappa shape index (κ2) is 10.8. The van der Waals surface area contributed by atoms with Gasteiger partial charge in [-0.1, -0.05) is 30.1 Å². The van der Waals surface area contributed by atoms with Gasteiger partial charge in [-0.15, -0.1) is 0 Å². The smallest absolute Gasteiger partial charge is 0.338 e. The van der Waals surface area contributed by atoms with Crippen molar-refractivity contribution in [3.8, 4) is 11.5 Å². The van der Waals surface area contributed by atoms with Crippen LogP contribution in [-0.2, 0) is 9.53 Å². The van der Waals surface area contributed by atoms with Crippen molar-refractivity contribution in [2.45, 2.75) is 33.7 Å². The van der Waals surface area contributed by atoms with Gasteiger partial charge in [0, 0.05) is 6.08 Å². The highest BCUT2D eigenvalue weighted by molar-refractivity contribution is 7.07. The molecule has 188 valence electrons. The molecule has 1 atom stereocenters. The van der Waals surface area contributed by atoms with Crippen molar-refractivity contribution in [1.29, 1.82) is 0 Å². The van der Waals surface area contributed by atoms with Gasteiger partial charge in [-0.05, 0) is 57.5 Å². The Hall–Kier alpha value is -3.85. The molecule has 4 rings (SSSR count). The molecule has 0 fully saturated rings. The van der Waals surface area contributed by atoms with Crippen molar-refractivity contribution in [3.63, 3.8) is 0 Å². The monoisotopic (exact) mass is 508 g/mol. The SMILES string of the molecule is C=CCOc1ccc([C@H]2C(C(=O)OCC)=C(C)N=c3s/c(=C/c4ccc(C)o4)c(=O)n32)cc1OCC. The van der Waals surface area contributed by atoms with Crippen molar-refractivity contribution in [2.75, 3.05) is 19.8 Å². The van der Waals surface area contributed by atoms with Crippen molar-refractivity contribution in [3.05, 3.63) is 91.0 Å². The van der Waals surface area contributed by atoms with Gasteiger partial charge in [-0.2, -0.15) is 0 Å². The van der Waals surface area contributed by atoms with E-state index in [1.54, 1.807) is 44.2 Å². The number of rotatable bonds is 9. The van der Waals surface area contributed by atoms with Crippen LogP contribution in [0.25, 0.3) is 6.08 Å². The summed E-state index contributed by atoms with van der Waals surface area (Å²) < 4.78 is 24.5. The lowest BCUT2D eigenvalue weighted by Crippen LogP contribution is -2.40. The number of carbonyl (C=O) groups is 1. The molecule has 0 saturated carbocycles. The summed E-state index contributed by atoms with van der Waals surface area (Å²) in [5.74, 6) is 1.83. The standard InChI is InChI=1S/C27H28N2O6S/c1-6-13-34-20-12-10-18(14-21(20)32-7-2)24-23(26(31)33-8-3)17(5)28-27-29(24)25(30)22(36-27)15-19-11-9-16(4)35-19/h6,9-12,14-15,24H,1,7-8,13H2,2-5H3/b22-15+/t24-/m0/s1. The number of carbonyl (C=O) groups excluding carboxylic acids is 1. The Labute approximate surface area is 212 Å². The summed E-state index contributed by atoms with van der Waals surface area (Å²) in [6, 6.07) is 8.25. The molecular formula is C27H28N2O6S. The molecule has 1 aliphatic heterocycles. The molecule has 0 spiro atoms. The first-order valence-electron chi connectivity index (χ1n) is 11.6. The summed E-state index contributed by atoms with van der Waals surface area (Å²) in [4.78, 5) is 31.8. The molecule has 0 amide bonds. The Morgan fingerprint density at radius 1 is 1.17 bits per heavy atom. The highest BCUT2D eigenvalue weighted by atomic mass is 32.1. The van der Waals surface area contributed by atoms with E-state index in [9.17, 15) is 9.59 Å². The van der Waals surface area contributed by atoms with Crippen LogP contribution in [0.5, 0.6) is 11.5 Å². The zero-order valence-corrected chi connectivity index (χ0v) is 21.5. The number of thiazole rings is 1. The van der Waals surface area contributed by atoms with Crippen molar-refractivity contribution >= 4 is 23.4 Å². The third-order valence-corrected chi connectivity index (χ3v) is 6.47. The van der Waals surface area contributed by atoms with Gasteiger partial charge in [0.15, 0.2) is 16.3 Å². The molecule has 3 heterocycles. The van der Waals surface area contributed by atoms with E-state index in [0.29, 0.717) is 56.6 Å². The van der Waals surface area contributed by atoms with E-state index in [2.05, 4.69) is 11.6 Å². The first-order valence-corrected chi connectivity index (χ1v) is 12.5. The van der Waals surface area contributed by atoms with Gasteiger partial charge < -0.3 is 18.6 Å². The number of hydrogen-bond donors (Lipinski definition) is 0. The normalized spacial score (nSPS) is 15.3. The third kappa shape index (κ3) is 4.92. The second-order valence-electron chi connectivity index (χ2n) is 7.99. The van der Waals surface area contributed by atoms with E-state index < -0.39 is 12.0 Å². The van der Waals surface area contributed by atoms with E-state index in [-0.39, 0.29) is 12.2 Å². The molecule has 1 aromatic carbocycles. The number of benzene rings is 1. The van der Waals surface area contributed by atoms with Gasteiger partial charge in [-0.3, -0.25) is 9.36 Å². The molecule has 8 nitrogen and oxygen atoms in total. The summed E-state index contributed by atoms with van der Waals surface area (Å²) in [6.45, 7) is 11.8. The van der Waals surface area contributed by atoms with Crippen LogP contribution in [0, 0.1) is 6.92 Å².